The number of aliphatic hydroxyl groups is 1. The van der Waals surface area contributed by atoms with Gasteiger partial charge >= 0.3 is 0 Å². The number of rotatable bonds is 2. The third kappa shape index (κ3) is 2.30. The van der Waals surface area contributed by atoms with Crippen LogP contribution in [-0.2, 0) is 11.3 Å². The SMILES string of the molecule is O=C1CC(O)=CN1Cc1cccc(Cl)c1. The summed E-state index contributed by atoms with van der Waals surface area (Å²) in [4.78, 5) is 12.8. The van der Waals surface area contributed by atoms with Crippen molar-refractivity contribution in [2.24, 2.45) is 0 Å². The van der Waals surface area contributed by atoms with Crippen LogP contribution >= 0.6 is 11.6 Å². The summed E-state index contributed by atoms with van der Waals surface area (Å²) in [5.41, 5.74) is 0.946. The highest BCUT2D eigenvalue weighted by Crippen LogP contribution is 2.18. The van der Waals surface area contributed by atoms with Gasteiger partial charge in [0.05, 0.1) is 13.0 Å². The number of benzene rings is 1. The van der Waals surface area contributed by atoms with E-state index in [1.807, 2.05) is 12.1 Å². The maximum absolute atomic E-state index is 11.4. The molecule has 0 radical (unpaired) electrons. The standard InChI is InChI=1S/C11H10ClNO2/c12-9-3-1-2-8(4-9)6-13-7-10(14)5-11(13)15/h1-4,7,14H,5-6H2. The number of aliphatic hydroxyl groups excluding tert-OH is 1. The van der Waals surface area contributed by atoms with E-state index in [0.717, 1.165) is 5.56 Å². The van der Waals surface area contributed by atoms with E-state index < -0.39 is 0 Å². The van der Waals surface area contributed by atoms with Crippen LogP contribution in [0.2, 0.25) is 5.02 Å². The van der Waals surface area contributed by atoms with Crippen molar-refractivity contribution in [3.8, 4) is 0 Å². The van der Waals surface area contributed by atoms with E-state index in [2.05, 4.69) is 0 Å². The highest BCUT2D eigenvalue weighted by atomic mass is 35.5. The van der Waals surface area contributed by atoms with Crippen molar-refractivity contribution in [3.63, 3.8) is 0 Å². The maximum Gasteiger partial charge on any atom is 0.234 e. The molecule has 0 atom stereocenters. The van der Waals surface area contributed by atoms with E-state index in [1.165, 1.54) is 11.1 Å². The van der Waals surface area contributed by atoms with Crippen molar-refractivity contribution in [2.45, 2.75) is 13.0 Å². The minimum absolute atomic E-state index is 0.0903. The van der Waals surface area contributed by atoms with E-state index in [1.54, 1.807) is 12.1 Å². The van der Waals surface area contributed by atoms with Crippen LogP contribution < -0.4 is 0 Å². The predicted octanol–water partition coefficient (Wildman–Crippen LogP) is 2.47. The lowest BCUT2D eigenvalue weighted by molar-refractivity contribution is -0.127. The summed E-state index contributed by atoms with van der Waals surface area (Å²) >= 11 is 5.83. The van der Waals surface area contributed by atoms with Gasteiger partial charge in [0.15, 0.2) is 0 Å². The van der Waals surface area contributed by atoms with Crippen molar-refractivity contribution in [3.05, 3.63) is 46.8 Å². The van der Waals surface area contributed by atoms with Gasteiger partial charge in [0.25, 0.3) is 0 Å². The molecule has 0 saturated heterocycles. The summed E-state index contributed by atoms with van der Waals surface area (Å²) in [5, 5.41) is 9.82. The monoisotopic (exact) mass is 223 g/mol. The Morgan fingerprint density at radius 2 is 2.27 bits per heavy atom. The summed E-state index contributed by atoms with van der Waals surface area (Å²) < 4.78 is 0. The molecule has 0 saturated carbocycles. The minimum Gasteiger partial charge on any atom is -0.510 e. The second kappa shape index (κ2) is 3.95. The molecule has 0 fully saturated rings. The molecule has 0 aliphatic carbocycles. The molecule has 1 amide bonds. The zero-order chi connectivity index (χ0) is 10.8. The average molecular weight is 224 g/mol. The van der Waals surface area contributed by atoms with Gasteiger partial charge in [-0.15, -0.1) is 0 Å². The quantitative estimate of drug-likeness (QED) is 0.837. The molecule has 1 aromatic carbocycles. The van der Waals surface area contributed by atoms with Crippen LogP contribution in [0.25, 0.3) is 0 Å². The Hall–Kier alpha value is -1.48. The lowest BCUT2D eigenvalue weighted by atomic mass is 10.2. The van der Waals surface area contributed by atoms with Crippen LogP contribution in [-0.4, -0.2) is 15.9 Å². The highest BCUT2D eigenvalue weighted by Gasteiger charge is 2.20. The van der Waals surface area contributed by atoms with Gasteiger partial charge in [0.1, 0.15) is 5.76 Å². The lowest BCUT2D eigenvalue weighted by Gasteiger charge is -2.12. The molecule has 0 aromatic heterocycles. The van der Waals surface area contributed by atoms with Crippen molar-refractivity contribution < 1.29 is 9.90 Å². The van der Waals surface area contributed by atoms with Gasteiger partial charge in [-0.1, -0.05) is 23.7 Å². The highest BCUT2D eigenvalue weighted by molar-refractivity contribution is 6.30. The van der Waals surface area contributed by atoms with Gasteiger partial charge in [-0.2, -0.15) is 0 Å². The van der Waals surface area contributed by atoms with Crippen molar-refractivity contribution in [1.29, 1.82) is 0 Å². The van der Waals surface area contributed by atoms with Crippen molar-refractivity contribution >= 4 is 17.5 Å². The molecular weight excluding hydrogens is 214 g/mol. The van der Waals surface area contributed by atoms with Gasteiger partial charge in [-0.05, 0) is 17.7 Å². The first-order chi connectivity index (χ1) is 7.15. The number of hydrogen-bond donors (Lipinski definition) is 1. The van der Waals surface area contributed by atoms with Crippen molar-refractivity contribution in [1.82, 2.24) is 4.90 Å². The molecule has 0 bridgehead atoms. The van der Waals surface area contributed by atoms with Crippen LogP contribution in [0.4, 0.5) is 0 Å². The van der Waals surface area contributed by atoms with E-state index in [-0.39, 0.29) is 18.1 Å². The third-order valence-corrected chi connectivity index (χ3v) is 2.43. The van der Waals surface area contributed by atoms with E-state index in [4.69, 9.17) is 11.6 Å². The summed E-state index contributed by atoms with van der Waals surface area (Å²) in [7, 11) is 0. The normalized spacial score (nSPS) is 15.7. The van der Waals surface area contributed by atoms with E-state index in [0.29, 0.717) is 11.6 Å². The first-order valence-electron chi connectivity index (χ1n) is 4.59. The number of amides is 1. The molecule has 1 aromatic rings. The zero-order valence-corrected chi connectivity index (χ0v) is 8.74. The summed E-state index contributed by atoms with van der Waals surface area (Å²) in [6.45, 7) is 0.448. The number of carbonyl (C=O) groups excluding carboxylic acids is 1. The maximum atomic E-state index is 11.4. The van der Waals surface area contributed by atoms with Gasteiger partial charge < -0.3 is 10.0 Å². The van der Waals surface area contributed by atoms with Crippen LogP contribution in [0.5, 0.6) is 0 Å². The molecule has 1 aliphatic rings. The lowest BCUT2D eigenvalue weighted by Crippen LogP contribution is -2.20. The Morgan fingerprint density at radius 3 is 2.87 bits per heavy atom. The summed E-state index contributed by atoms with van der Waals surface area (Å²) in [6.07, 6.45) is 1.56. The Bertz CT molecular complexity index is 428. The number of nitrogens with zero attached hydrogens (tertiary/aromatic N) is 1. The second-order valence-electron chi connectivity index (χ2n) is 3.45. The number of hydrogen-bond acceptors (Lipinski definition) is 2. The number of carbonyl (C=O) groups is 1. The van der Waals surface area contributed by atoms with Gasteiger partial charge in [0.2, 0.25) is 5.91 Å². The molecule has 2 rings (SSSR count). The fourth-order valence-corrected chi connectivity index (χ4v) is 1.73. The van der Waals surface area contributed by atoms with Crippen LogP contribution in [0.1, 0.15) is 12.0 Å². The fraction of sp³-hybridized carbons (Fsp3) is 0.182. The first kappa shape index (κ1) is 10.1. The van der Waals surface area contributed by atoms with Gasteiger partial charge in [-0.3, -0.25) is 4.79 Å². The molecule has 3 nitrogen and oxygen atoms in total. The zero-order valence-electron chi connectivity index (χ0n) is 7.98. The molecule has 1 aliphatic heterocycles. The Balaban J connectivity index is 2.12. The second-order valence-corrected chi connectivity index (χ2v) is 3.89. The van der Waals surface area contributed by atoms with Crippen LogP contribution in [0.3, 0.4) is 0 Å². The Kier molecular flexibility index (Phi) is 2.64. The third-order valence-electron chi connectivity index (χ3n) is 2.20. The molecule has 4 heteroatoms. The molecule has 0 spiro atoms. The van der Waals surface area contributed by atoms with Gasteiger partial charge in [0, 0.05) is 11.2 Å². The molecule has 0 unspecified atom stereocenters. The van der Waals surface area contributed by atoms with E-state index >= 15 is 0 Å². The Labute approximate surface area is 92.6 Å². The predicted molar refractivity (Wildman–Crippen MR) is 57.3 cm³/mol. The molecule has 15 heavy (non-hydrogen) atoms. The first-order valence-corrected chi connectivity index (χ1v) is 4.96. The fourth-order valence-electron chi connectivity index (χ4n) is 1.52. The molecule has 1 N–H and O–H groups in total. The largest absolute Gasteiger partial charge is 0.510 e. The summed E-state index contributed by atoms with van der Waals surface area (Å²) in [5.74, 6) is 0.0227. The van der Waals surface area contributed by atoms with Crippen LogP contribution in [0, 0.1) is 0 Å². The topological polar surface area (TPSA) is 40.5 Å². The van der Waals surface area contributed by atoms with Crippen molar-refractivity contribution in [2.75, 3.05) is 0 Å². The van der Waals surface area contributed by atoms with E-state index in [9.17, 15) is 9.90 Å². The van der Waals surface area contributed by atoms with Crippen LogP contribution in [0.15, 0.2) is 36.2 Å². The minimum atomic E-state index is -0.0903. The molecular formula is C11H10ClNO2. The average Bonchev–Trinajstić information content (AvgIpc) is 2.45. The Morgan fingerprint density at radius 1 is 1.47 bits per heavy atom. The smallest absolute Gasteiger partial charge is 0.234 e. The number of halogens is 1. The van der Waals surface area contributed by atoms with Gasteiger partial charge in [-0.25, -0.2) is 0 Å². The molecule has 1 heterocycles. The molecule has 78 valence electrons. The summed E-state index contributed by atoms with van der Waals surface area (Å²) in [6, 6.07) is 7.31.